The van der Waals surface area contributed by atoms with Gasteiger partial charge in [-0.1, -0.05) is 66.2 Å². The van der Waals surface area contributed by atoms with Gasteiger partial charge in [-0.25, -0.2) is 21.9 Å². The number of thioether (sulfide) groups is 1. The zero-order chi connectivity index (χ0) is 43.4. The lowest BCUT2D eigenvalue weighted by Gasteiger charge is -2.32. The van der Waals surface area contributed by atoms with Crippen LogP contribution in [0.3, 0.4) is 0 Å². The van der Waals surface area contributed by atoms with Gasteiger partial charge >= 0.3 is 0 Å². The second kappa shape index (κ2) is 21.0. The Morgan fingerprint density at radius 3 is 2.31 bits per heavy atom. The molecule has 0 aliphatic carbocycles. The molecule has 338 valence electrons. The summed E-state index contributed by atoms with van der Waals surface area (Å²) in [6.07, 6.45) is 0.0760. The number of alkyl halides is 2. The molecule has 1 unspecified atom stereocenters. The Bertz CT molecular complexity index is 2700. The smallest absolute Gasteiger partial charge is 0.293 e. The van der Waals surface area contributed by atoms with Crippen molar-refractivity contribution in [3.63, 3.8) is 0 Å². The summed E-state index contributed by atoms with van der Waals surface area (Å²) in [5.74, 6) is -3.03. The largest absolute Gasteiger partial charge is 0.376 e. The van der Waals surface area contributed by atoms with Gasteiger partial charge in [-0.3, -0.25) is 19.8 Å². The first-order valence-electron chi connectivity index (χ1n) is 20.4. The van der Waals surface area contributed by atoms with Gasteiger partial charge in [0.25, 0.3) is 27.5 Å². The van der Waals surface area contributed by atoms with Crippen LogP contribution in [0.15, 0.2) is 131 Å². The number of halogens is 5. The van der Waals surface area contributed by atoms with E-state index in [-0.39, 0.29) is 68.0 Å². The van der Waals surface area contributed by atoms with Gasteiger partial charge < -0.3 is 14.8 Å². The zero-order valence-corrected chi connectivity index (χ0v) is 38.5. The molecule has 2 aliphatic rings. The van der Waals surface area contributed by atoms with Crippen molar-refractivity contribution in [2.24, 2.45) is 0 Å². The molecule has 6 aromatic rings. The third kappa shape index (κ3) is 11.7. The molecule has 11 nitrogen and oxygen atoms in total. The Hall–Kier alpha value is -4.74. The lowest BCUT2D eigenvalue weighted by molar-refractivity contribution is -0.384. The molecule has 8 rings (SSSR count). The van der Waals surface area contributed by atoms with Crippen molar-refractivity contribution < 1.29 is 26.9 Å². The van der Waals surface area contributed by atoms with Gasteiger partial charge in [0.05, 0.1) is 9.82 Å². The number of nitro groups is 1. The zero-order valence-electron chi connectivity index (χ0n) is 34.5. The molecule has 18 heteroatoms. The highest BCUT2D eigenvalue weighted by Gasteiger charge is 2.34. The number of aromatic nitrogens is 1. The van der Waals surface area contributed by atoms with Gasteiger partial charge in [-0.15, -0.1) is 36.6 Å². The minimum Gasteiger partial charge on any atom is -0.376 e. The standard InChI is InChI=1S/C46H45ClF2N6O5S2.2ClH/c47-36-13-10-32(11-14-36)41-9-5-4-6-34(41)29-53-24-25-54-38(30-53)27-35-26-33(12-17-43(35)54)45(56)51-62(59,60)40-15-16-42(44(28-40)55(57)58)50-37(31-61-39-7-2-1-3-8-39)18-21-52-22-19-46(48,49)20-23-52;;/h1-17,26-28,37,50H,18-25,29-31H2,(H,51,56);2*1H. The van der Waals surface area contributed by atoms with Gasteiger partial charge in [-0.2, -0.15) is 0 Å². The monoisotopic (exact) mass is 970 g/mol. The van der Waals surface area contributed by atoms with Crippen LogP contribution in [-0.4, -0.2) is 77.5 Å². The molecule has 2 aliphatic heterocycles. The summed E-state index contributed by atoms with van der Waals surface area (Å²) in [7, 11) is -4.53. The predicted molar refractivity (Wildman–Crippen MR) is 255 cm³/mol. The molecular weight excluding hydrogens is 925 g/mol. The summed E-state index contributed by atoms with van der Waals surface area (Å²) >= 11 is 7.69. The fraction of sp³-hybridized carbons (Fsp3) is 0.283. The second-order valence-corrected chi connectivity index (χ2v) is 19.0. The van der Waals surface area contributed by atoms with E-state index in [2.05, 4.69) is 31.6 Å². The normalized spacial score (nSPS) is 15.6. The van der Waals surface area contributed by atoms with Crippen LogP contribution in [0.5, 0.6) is 0 Å². The number of nitro benzene ring substituents is 1. The number of amides is 1. The Morgan fingerprint density at radius 2 is 1.58 bits per heavy atom. The highest BCUT2D eigenvalue weighted by atomic mass is 35.5. The number of carbonyl (C=O) groups excluding carboxylic acids is 1. The number of anilines is 1. The number of sulfonamides is 1. The molecule has 1 aromatic heterocycles. The average molecular weight is 972 g/mol. The maximum absolute atomic E-state index is 13.8. The third-order valence-electron chi connectivity index (χ3n) is 11.5. The van der Waals surface area contributed by atoms with Crippen molar-refractivity contribution in [1.82, 2.24) is 19.1 Å². The first-order valence-corrected chi connectivity index (χ1v) is 23.2. The fourth-order valence-electron chi connectivity index (χ4n) is 8.12. The number of fused-ring (bicyclic) bond motifs is 3. The summed E-state index contributed by atoms with van der Waals surface area (Å²) in [4.78, 5) is 30.1. The topological polar surface area (TPSA) is 130 Å². The molecule has 5 aromatic carbocycles. The highest BCUT2D eigenvalue weighted by Crippen LogP contribution is 2.33. The molecule has 0 bridgehead atoms. The fourth-order valence-corrected chi connectivity index (χ4v) is 10.2. The minimum absolute atomic E-state index is 0. The number of rotatable bonds is 15. The summed E-state index contributed by atoms with van der Waals surface area (Å²) in [6.45, 7) is 3.97. The van der Waals surface area contributed by atoms with E-state index in [0.717, 1.165) is 58.3 Å². The van der Waals surface area contributed by atoms with Gasteiger partial charge in [0.15, 0.2) is 0 Å². The van der Waals surface area contributed by atoms with Crippen LogP contribution in [0.25, 0.3) is 22.0 Å². The summed E-state index contributed by atoms with van der Waals surface area (Å²) in [5.41, 5.74) is 5.18. The number of nitrogens with one attached hydrogen (secondary N) is 2. The molecule has 1 amide bonds. The molecular formula is C46H47Cl3F2N6O5S2. The molecule has 1 fully saturated rings. The second-order valence-electron chi connectivity index (χ2n) is 15.8. The van der Waals surface area contributed by atoms with E-state index in [1.54, 1.807) is 23.9 Å². The third-order valence-corrected chi connectivity index (χ3v) is 14.2. The average Bonchev–Trinajstić information content (AvgIpc) is 3.63. The summed E-state index contributed by atoms with van der Waals surface area (Å²) < 4.78 is 59.1. The maximum atomic E-state index is 13.8. The van der Waals surface area contributed by atoms with Gasteiger partial charge in [-0.05, 0) is 83.8 Å². The highest BCUT2D eigenvalue weighted by molar-refractivity contribution is 7.99. The van der Waals surface area contributed by atoms with E-state index < -0.39 is 37.4 Å². The van der Waals surface area contributed by atoms with Gasteiger partial charge in [0, 0.05) is 109 Å². The van der Waals surface area contributed by atoms with Crippen LogP contribution >= 0.6 is 48.2 Å². The molecule has 3 heterocycles. The van der Waals surface area contributed by atoms with Crippen LogP contribution in [0, 0.1) is 10.1 Å². The van der Waals surface area contributed by atoms with Crippen LogP contribution in [-0.2, 0) is 29.7 Å². The number of carbonyl (C=O) groups is 1. The molecule has 0 saturated carbocycles. The van der Waals surface area contributed by atoms with Crippen LogP contribution < -0.4 is 10.0 Å². The number of hydrogen-bond acceptors (Lipinski definition) is 9. The first kappa shape index (κ1) is 48.7. The quantitative estimate of drug-likeness (QED) is 0.0587. The Morgan fingerprint density at radius 1 is 0.859 bits per heavy atom. The van der Waals surface area contributed by atoms with E-state index in [4.69, 9.17) is 11.6 Å². The van der Waals surface area contributed by atoms with Crippen LogP contribution in [0.1, 0.15) is 40.9 Å². The Labute approximate surface area is 392 Å². The van der Waals surface area contributed by atoms with E-state index in [1.807, 2.05) is 83.8 Å². The van der Waals surface area contributed by atoms with E-state index in [1.165, 1.54) is 17.7 Å². The molecule has 1 saturated heterocycles. The lowest BCUT2D eigenvalue weighted by atomic mass is 9.99. The van der Waals surface area contributed by atoms with E-state index >= 15 is 0 Å². The maximum Gasteiger partial charge on any atom is 0.293 e. The summed E-state index contributed by atoms with van der Waals surface area (Å²) in [5, 5.41) is 17.1. The van der Waals surface area contributed by atoms with Crippen molar-refractivity contribution in [2.75, 3.05) is 37.2 Å². The Balaban J connectivity index is 0.00000340. The van der Waals surface area contributed by atoms with Crippen molar-refractivity contribution in [1.29, 1.82) is 0 Å². The van der Waals surface area contributed by atoms with Crippen molar-refractivity contribution in [3.05, 3.63) is 153 Å². The first-order chi connectivity index (χ1) is 29.8. The molecule has 2 N–H and O–H groups in total. The molecule has 1 atom stereocenters. The SMILES string of the molecule is Cl.Cl.O=C(NS(=O)(=O)c1ccc(NC(CCN2CCC(F)(F)CC2)CSc2ccccc2)c([N+](=O)[O-])c1)c1ccc2c(c1)cc1n2CCN(Cc2ccccc2-c2ccc(Cl)cc2)C1. The van der Waals surface area contributed by atoms with Crippen LogP contribution in [0.4, 0.5) is 20.2 Å². The summed E-state index contributed by atoms with van der Waals surface area (Å²) in [6, 6.07) is 36.0. The Kier molecular flexibility index (Phi) is 16.0. The molecule has 0 spiro atoms. The minimum atomic E-state index is -4.53. The van der Waals surface area contributed by atoms with Gasteiger partial charge in [0.2, 0.25) is 0 Å². The lowest BCUT2D eigenvalue weighted by Crippen LogP contribution is -2.41. The van der Waals surface area contributed by atoms with Crippen molar-refractivity contribution in [2.45, 2.75) is 60.7 Å². The van der Waals surface area contributed by atoms with Crippen LogP contribution in [0.2, 0.25) is 5.02 Å². The number of nitrogens with zero attached hydrogens (tertiary/aromatic N) is 4. The predicted octanol–water partition coefficient (Wildman–Crippen LogP) is 10.5. The van der Waals surface area contributed by atoms with Crippen molar-refractivity contribution >= 4 is 86.4 Å². The number of hydrogen-bond donors (Lipinski definition) is 2. The number of piperidine rings is 1. The molecule has 64 heavy (non-hydrogen) atoms. The van der Waals surface area contributed by atoms with Crippen molar-refractivity contribution in [3.8, 4) is 11.1 Å². The number of likely N-dealkylation sites (tertiary alicyclic amines) is 1. The van der Waals surface area contributed by atoms with Gasteiger partial charge in [0.1, 0.15) is 5.69 Å². The number of benzene rings is 5. The van der Waals surface area contributed by atoms with E-state index in [0.29, 0.717) is 30.3 Å². The molecule has 0 radical (unpaired) electrons. The van der Waals surface area contributed by atoms with E-state index in [9.17, 15) is 32.1 Å².